The third-order valence-electron chi connectivity index (χ3n) is 4.36. The molecule has 2 aromatic carbocycles. The Bertz CT molecular complexity index is 695. The first kappa shape index (κ1) is 16.4. The molecule has 4 heteroatoms. The summed E-state index contributed by atoms with van der Waals surface area (Å²) in [6.07, 6.45) is 4.63. The van der Waals surface area contributed by atoms with Crippen LogP contribution in [0.5, 0.6) is 0 Å². The third-order valence-corrected chi connectivity index (χ3v) is 4.36. The number of unbranched alkanes of at least 4 members (excludes halogenated alkanes) is 1. The van der Waals surface area contributed by atoms with Crippen molar-refractivity contribution in [2.45, 2.75) is 32.6 Å². The molecule has 0 unspecified atom stereocenters. The molecule has 3 rings (SSSR count). The molecule has 2 aromatic rings. The van der Waals surface area contributed by atoms with Gasteiger partial charge in [0.1, 0.15) is 0 Å². The molecule has 1 aliphatic rings. The summed E-state index contributed by atoms with van der Waals surface area (Å²) in [4.78, 5) is 12.2. The summed E-state index contributed by atoms with van der Waals surface area (Å²) in [6, 6.07) is 17.1. The van der Waals surface area contributed by atoms with E-state index in [0.717, 1.165) is 23.5 Å². The maximum atomic E-state index is 12.2. The summed E-state index contributed by atoms with van der Waals surface area (Å²) in [7, 11) is 0. The molecule has 24 heavy (non-hydrogen) atoms. The van der Waals surface area contributed by atoms with Crippen LogP contribution in [0, 0.1) is 11.8 Å². The van der Waals surface area contributed by atoms with Gasteiger partial charge in [-0.2, -0.15) is 10.2 Å². The van der Waals surface area contributed by atoms with Crippen LogP contribution in [0.25, 0.3) is 0 Å². The second-order valence-corrected chi connectivity index (χ2v) is 6.32. The number of amides is 1. The monoisotopic (exact) mass is 321 g/mol. The number of nitrogens with zero attached hydrogens (tertiary/aromatic N) is 2. The smallest absolute Gasteiger partial charge is 0.227 e. The van der Waals surface area contributed by atoms with Crippen molar-refractivity contribution in [3.05, 3.63) is 54.6 Å². The number of azo groups is 1. The number of anilines is 1. The summed E-state index contributed by atoms with van der Waals surface area (Å²) in [5.74, 6) is 0.938. The SMILES string of the molecule is CCCC[C@@H]1C[C@H]1C(=O)Nc1ccc(N=Nc2ccccc2)cc1. The minimum absolute atomic E-state index is 0.148. The lowest BCUT2D eigenvalue weighted by Gasteiger charge is -2.05. The fourth-order valence-corrected chi connectivity index (χ4v) is 2.81. The van der Waals surface area contributed by atoms with Crippen molar-refractivity contribution in [2.24, 2.45) is 22.1 Å². The van der Waals surface area contributed by atoms with Gasteiger partial charge in [0, 0.05) is 11.6 Å². The van der Waals surface area contributed by atoms with E-state index in [2.05, 4.69) is 22.5 Å². The van der Waals surface area contributed by atoms with Crippen LogP contribution >= 0.6 is 0 Å². The molecule has 1 amide bonds. The molecule has 0 aromatic heterocycles. The van der Waals surface area contributed by atoms with Crippen LogP contribution in [0.1, 0.15) is 32.6 Å². The van der Waals surface area contributed by atoms with E-state index in [0.29, 0.717) is 5.92 Å². The topological polar surface area (TPSA) is 53.8 Å². The zero-order chi connectivity index (χ0) is 16.8. The quantitative estimate of drug-likeness (QED) is 0.637. The van der Waals surface area contributed by atoms with E-state index in [1.807, 2.05) is 54.6 Å². The maximum absolute atomic E-state index is 12.2. The molecule has 0 saturated heterocycles. The second-order valence-electron chi connectivity index (χ2n) is 6.32. The largest absolute Gasteiger partial charge is 0.326 e. The van der Waals surface area contributed by atoms with Gasteiger partial charge in [0.2, 0.25) is 5.91 Å². The van der Waals surface area contributed by atoms with Gasteiger partial charge < -0.3 is 5.32 Å². The summed E-state index contributed by atoms with van der Waals surface area (Å²) in [5.41, 5.74) is 2.41. The molecule has 1 aliphatic carbocycles. The number of rotatable bonds is 7. The Morgan fingerprint density at radius 1 is 1.04 bits per heavy atom. The van der Waals surface area contributed by atoms with Crippen molar-refractivity contribution in [3.8, 4) is 0 Å². The summed E-state index contributed by atoms with van der Waals surface area (Å²) in [6.45, 7) is 2.19. The minimum atomic E-state index is 0.148. The van der Waals surface area contributed by atoms with E-state index < -0.39 is 0 Å². The van der Waals surface area contributed by atoms with Crippen molar-refractivity contribution in [3.63, 3.8) is 0 Å². The highest BCUT2D eigenvalue weighted by molar-refractivity contribution is 5.94. The normalized spacial score (nSPS) is 19.4. The van der Waals surface area contributed by atoms with Crippen molar-refractivity contribution >= 4 is 23.0 Å². The molecule has 0 heterocycles. The Balaban J connectivity index is 1.52. The van der Waals surface area contributed by atoms with Gasteiger partial charge in [0.25, 0.3) is 0 Å². The van der Waals surface area contributed by atoms with E-state index >= 15 is 0 Å². The highest BCUT2D eigenvalue weighted by Crippen LogP contribution is 2.43. The third kappa shape index (κ3) is 4.51. The fraction of sp³-hybridized carbons (Fsp3) is 0.350. The number of hydrogen-bond donors (Lipinski definition) is 1. The van der Waals surface area contributed by atoms with Gasteiger partial charge in [0.15, 0.2) is 0 Å². The van der Waals surface area contributed by atoms with Crippen LogP contribution in [-0.4, -0.2) is 5.91 Å². The lowest BCUT2D eigenvalue weighted by atomic mass is 10.1. The predicted octanol–water partition coefficient (Wildman–Crippen LogP) is 5.87. The number of benzene rings is 2. The molecule has 0 radical (unpaired) electrons. The lowest BCUT2D eigenvalue weighted by molar-refractivity contribution is -0.117. The van der Waals surface area contributed by atoms with Crippen molar-refractivity contribution in [1.29, 1.82) is 0 Å². The molecule has 4 nitrogen and oxygen atoms in total. The van der Waals surface area contributed by atoms with E-state index in [1.165, 1.54) is 19.3 Å². The van der Waals surface area contributed by atoms with E-state index in [4.69, 9.17) is 0 Å². The lowest BCUT2D eigenvalue weighted by Crippen LogP contribution is -2.14. The fourth-order valence-electron chi connectivity index (χ4n) is 2.81. The highest BCUT2D eigenvalue weighted by atomic mass is 16.2. The van der Waals surface area contributed by atoms with Crippen molar-refractivity contribution < 1.29 is 4.79 Å². The number of carbonyl (C=O) groups excluding carboxylic acids is 1. The number of hydrogen-bond acceptors (Lipinski definition) is 3. The maximum Gasteiger partial charge on any atom is 0.227 e. The Morgan fingerprint density at radius 3 is 2.38 bits per heavy atom. The number of carbonyl (C=O) groups is 1. The second kappa shape index (κ2) is 7.86. The standard InChI is InChI=1S/C20H23N3O/c1-2-3-7-15-14-19(15)20(24)21-16-10-12-18(13-11-16)23-22-17-8-5-4-6-9-17/h4-6,8-13,15,19H,2-3,7,14H2,1H3,(H,21,24)/t15-,19-/m1/s1. The Morgan fingerprint density at radius 2 is 1.71 bits per heavy atom. The minimum Gasteiger partial charge on any atom is -0.326 e. The van der Waals surface area contributed by atoms with Crippen molar-refractivity contribution in [1.82, 2.24) is 0 Å². The highest BCUT2D eigenvalue weighted by Gasteiger charge is 2.41. The zero-order valence-electron chi connectivity index (χ0n) is 14.0. The molecule has 0 spiro atoms. The summed E-state index contributed by atoms with van der Waals surface area (Å²) < 4.78 is 0. The summed E-state index contributed by atoms with van der Waals surface area (Å²) >= 11 is 0. The molecular weight excluding hydrogens is 298 g/mol. The average Bonchev–Trinajstić information content (AvgIpc) is 3.40. The molecule has 1 fully saturated rings. The van der Waals surface area contributed by atoms with Crippen LogP contribution < -0.4 is 5.32 Å². The zero-order valence-corrected chi connectivity index (χ0v) is 14.0. The van der Waals surface area contributed by atoms with Crippen LogP contribution in [0.3, 0.4) is 0 Å². The van der Waals surface area contributed by atoms with Gasteiger partial charge in [0.05, 0.1) is 11.4 Å². The van der Waals surface area contributed by atoms with E-state index in [9.17, 15) is 4.79 Å². The van der Waals surface area contributed by atoms with E-state index in [-0.39, 0.29) is 11.8 Å². The van der Waals surface area contributed by atoms with Crippen molar-refractivity contribution in [2.75, 3.05) is 5.32 Å². The average molecular weight is 321 g/mol. The van der Waals surface area contributed by atoms with Gasteiger partial charge in [-0.25, -0.2) is 0 Å². The Hall–Kier alpha value is -2.49. The summed E-state index contributed by atoms with van der Waals surface area (Å²) in [5, 5.41) is 11.4. The van der Waals surface area contributed by atoms with Gasteiger partial charge in [-0.1, -0.05) is 38.0 Å². The number of nitrogens with one attached hydrogen (secondary N) is 1. The predicted molar refractivity (Wildman–Crippen MR) is 96.8 cm³/mol. The molecule has 1 saturated carbocycles. The first-order chi connectivity index (χ1) is 11.8. The van der Waals surface area contributed by atoms with Gasteiger partial charge in [-0.05, 0) is 55.2 Å². The van der Waals surface area contributed by atoms with Crippen LogP contribution in [0.15, 0.2) is 64.8 Å². The van der Waals surface area contributed by atoms with Crippen LogP contribution in [-0.2, 0) is 4.79 Å². The van der Waals surface area contributed by atoms with Crippen LogP contribution in [0.4, 0.5) is 17.1 Å². The molecule has 1 N–H and O–H groups in total. The van der Waals surface area contributed by atoms with Gasteiger partial charge in [-0.3, -0.25) is 4.79 Å². The van der Waals surface area contributed by atoms with Crippen LogP contribution in [0.2, 0.25) is 0 Å². The first-order valence-corrected chi connectivity index (χ1v) is 8.64. The van der Waals surface area contributed by atoms with Gasteiger partial charge >= 0.3 is 0 Å². The Kier molecular flexibility index (Phi) is 5.36. The first-order valence-electron chi connectivity index (χ1n) is 8.64. The molecular formula is C20H23N3O. The molecule has 124 valence electrons. The molecule has 2 atom stereocenters. The Labute approximate surface area is 143 Å². The molecule has 0 aliphatic heterocycles. The van der Waals surface area contributed by atoms with E-state index in [1.54, 1.807) is 0 Å². The van der Waals surface area contributed by atoms with Gasteiger partial charge in [-0.15, -0.1) is 0 Å². The molecule has 0 bridgehead atoms.